The molecular weight excluding hydrogens is 528 g/mol. The van der Waals surface area contributed by atoms with Crippen molar-refractivity contribution in [3.63, 3.8) is 0 Å². The number of ether oxygens (including phenoxy) is 1. The van der Waals surface area contributed by atoms with Crippen LogP contribution >= 0.6 is 11.3 Å². The van der Waals surface area contributed by atoms with Crippen LogP contribution in [0.5, 0.6) is 0 Å². The van der Waals surface area contributed by atoms with Crippen LogP contribution in [0.2, 0.25) is 0 Å². The van der Waals surface area contributed by atoms with Crippen molar-refractivity contribution in [2.24, 2.45) is 4.99 Å². The molecular formula is C31H28N2O6S. The van der Waals surface area contributed by atoms with E-state index in [-0.39, 0.29) is 17.7 Å². The van der Waals surface area contributed by atoms with E-state index >= 15 is 0 Å². The quantitative estimate of drug-likeness (QED) is 0.325. The lowest BCUT2D eigenvalue weighted by molar-refractivity contribution is -0.139. The number of aromatic nitrogens is 1. The molecule has 0 amide bonds. The zero-order valence-corrected chi connectivity index (χ0v) is 23.3. The van der Waals surface area contributed by atoms with Gasteiger partial charge >= 0.3 is 11.9 Å². The van der Waals surface area contributed by atoms with Gasteiger partial charge in [0.25, 0.3) is 5.56 Å². The summed E-state index contributed by atoms with van der Waals surface area (Å²) >= 11 is 1.20. The lowest BCUT2D eigenvalue weighted by Crippen LogP contribution is -2.39. The van der Waals surface area contributed by atoms with Crippen LogP contribution in [0, 0.1) is 0 Å². The van der Waals surface area contributed by atoms with Gasteiger partial charge in [-0.25, -0.2) is 14.6 Å². The molecule has 0 bridgehead atoms. The molecule has 0 saturated carbocycles. The van der Waals surface area contributed by atoms with Crippen LogP contribution in [-0.4, -0.2) is 28.2 Å². The average molecular weight is 557 g/mol. The van der Waals surface area contributed by atoms with Gasteiger partial charge < -0.3 is 14.3 Å². The van der Waals surface area contributed by atoms with Gasteiger partial charge in [0.15, 0.2) is 4.80 Å². The number of allylic oxidation sites excluding steroid dienone is 1. The molecule has 40 heavy (non-hydrogen) atoms. The Morgan fingerprint density at radius 3 is 2.52 bits per heavy atom. The highest BCUT2D eigenvalue weighted by Gasteiger charge is 2.33. The Labute approximate surface area is 234 Å². The monoisotopic (exact) mass is 556 g/mol. The van der Waals surface area contributed by atoms with Gasteiger partial charge in [0.1, 0.15) is 11.5 Å². The number of carboxylic acids is 1. The van der Waals surface area contributed by atoms with Crippen LogP contribution in [0.3, 0.4) is 0 Å². The van der Waals surface area contributed by atoms with Crippen molar-refractivity contribution < 1.29 is 23.8 Å². The van der Waals surface area contributed by atoms with Crippen LogP contribution < -0.4 is 14.9 Å². The summed E-state index contributed by atoms with van der Waals surface area (Å²) < 4.78 is 13.2. The van der Waals surface area contributed by atoms with Crippen LogP contribution in [0.4, 0.5) is 0 Å². The summed E-state index contributed by atoms with van der Waals surface area (Å²) in [6.07, 6.45) is 1.61. The fraction of sp³-hybridized carbons (Fsp3) is 0.226. The molecule has 1 aliphatic heterocycles. The SMILES string of the molecule is CCOC(=O)C1=C(C)N=c2s/c(=C\c3ccc(-c4ccccc4C(=O)O)o3)c(=O)n2[C@H]1c1ccc(C(C)C)cc1. The number of carbonyl (C=O) groups is 2. The van der Waals surface area contributed by atoms with E-state index in [1.807, 2.05) is 24.3 Å². The third-order valence-electron chi connectivity index (χ3n) is 6.76. The van der Waals surface area contributed by atoms with Gasteiger partial charge in [0, 0.05) is 11.6 Å². The minimum absolute atomic E-state index is 0.119. The highest BCUT2D eigenvalue weighted by molar-refractivity contribution is 7.07. The summed E-state index contributed by atoms with van der Waals surface area (Å²) in [5.41, 5.74) is 2.98. The van der Waals surface area contributed by atoms with E-state index in [1.54, 1.807) is 50.3 Å². The first-order chi connectivity index (χ1) is 19.2. The van der Waals surface area contributed by atoms with Gasteiger partial charge in [-0.1, -0.05) is 67.6 Å². The Bertz CT molecular complexity index is 1820. The number of rotatable bonds is 7. The summed E-state index contributed by atoms with van der Waals surface area (Å²) in [7, 11) is 0. The first-order valence-corrected chi connectivity index (χ1v) is 13.7. The Morgan fingerprint density at radius 1 is 1.12 bits per heavy atom. The number of carbonyl (C=O) groups excluding carboxylic acids is 1. The lowest BCUT2D eigenvalue weighted by atomic mass is 9.93. The molecule has 0 unspecified atom stereocenters. The molecule has 9 heteroatoms. The molecule has 4 aromatic rings. The van der Waals surface area contributed by atoms with E-state index in [0.29, 0.717) is 43.6 Å². The molecule has 2 aromatic carbocycles. The maximum absolute atomic E-state index is 13.8. The second-order valence-corrected chi connectivity index (χ2v) is 10.7. The Kier molecular flexibility index (Phi) is 7.40. The molecule has 2 aromatic heterocycles. The Hall–Kier alpha value is -4.50. The van der Waals surface area contributed by atoms with Crippen LogP contribution in [0.25, 0.3) is 17.4 Å². The van der Waals surface area contributed by atoms with Crippen molar-refractivity contribution in [2.75, 3.05) is 6.61 Å². The smallest absolute Gasteiger partial charge is 0.338 e. The first-order valence-electron chi connectivity index (χ1n) is 12.9. The summed E-state index contributed by atoms with van der Waals surface area (Å²) in [4.78, 5) is 43.6. The average Bonchev–Trinajstić information content (AvgIpc) is 3.52. The van der Waals surface area contributed by atoms with Gasteiger partial charge in [0.05, 0.1) is 34.0 Å². The molecule has 1 N–H and O–H groups in total. The van der Waals surface area contributed by atoms with E-state index in [0.717, 1.165) is 11.1 Å². The molecule has 0 radical (unpaired) electrons. The number of benzene rings is 2. The molecule has 8 nitrogen and oxygen atoms in total. The molecule has 1 atom stereocenters. The standard InChI is InChI=1S/C31H28N2O6S/c1-5-38-30(37)26-18(4)32-31-33(27(26)20-12-10-19(11-13-20)17(2)3)28(34)25(40-31)16-21-14-15-24(39-21)22-8-6-7-9-23(22)29(35)36/h6-17,27H,5H2,1-4H3,(H,35,36)/b25-16-/t27-/m0/s1. The van der Waals surface area contributed by atoms with Crippen molar-refractivity contribution in [3.05, 3.63) is 114 Å². The van der Waals surface area contributed by atoms with E-state index < -0.39 is 18.0 Å². The fourth-order valence-electron chi connectivity index (χ4n) is 4.76. The minimum Gasteiger partial charge on any atom is -0.478 e. The lowest BCUT2D eigenvalue weighted by Gasteiger charge is -2.25. The van der Waals surface area contributed by atoms with Crippen molar-refractivity contribution in [3.8, 4) is 11.3 Å². The molecule has 204 valence electrons. The molecule has 0 saturated heterocycles. The van der Waals surface area contributed by atoms with Crippen LogP contribution in [0.1, 0.15) is 66.9 Å². The maximum atomic E-state index is 13.8. The third-order valence-corrected chi connectivity index (χ3v) is 7.74. The number of nitrogens with zero attached hydrogens (tertiary/aromatic N) is 2. The van der Waals surface area contributed by atoms with E-state index in [4.69, 9.17) is 9.15 Å². The van der Waals surface area contributed by atoms with Gasteiger partial charge in [-0.2, -0.15) is 0 Å². The topological polar surface area (TPSA) is 111 Å². The van der Waals surface area contributed by atoms with Crippen molar-refractivity contribution in [1.82, 2.24) is 4.57 Å². The second kappa shape index (κ2) is 10.9. The highest BCUT2D eigenvalue weighted by atomic mass is 32.1. The summed E-state index contributed by atoms with van der Waals surface area (Å²) in [6, 6.07) is 17.1. The molecule has 0 spiro atoms. The highest BCUT2D eigenvalue weighted by Crippen LogP contribution is 2.32. The number of thiazole rings is 1. The summed E-state index contributed by atoms with van der Waals surface area (Å²) in [6.45, 7) is 7.89. The predicted molar refractivity (Wildman–Crippen MR) is 152 cm³/mol. The van der Waals surface area contributed by atoms with Crippen molar-refractivity contribution in [1.29, 1.82) is 0 Å². The molecule has 1 aliphatic rings. The first kappa shape index (κ1) is 27.1. The number of fused-ring (bicyclic) bond motifs is 1. The van der Waals surface area contributed by atoms with E-state index in [1.165, 1.54) is 22.0 Å². The summed E-state index contributed by atoms with van der Waals surface area (Å²) in [5.74, 6) is -0.474. The number of hydrogen-bond acceptors (Lipinski definition) is 7. The third kappa shape index (κ3) is 4.96. The Morgan fingerprint density at radius 2 is 1.85 bits per heavy atom. The van der Waals surface area contributed by atoms with Gasteiger partial charge in [-0.05, 0) is 49.1 Å². The summed E-state index contributed by atoms with van der Waals surface area (Å²) in [5, 5.41) is 9.54. The van der Waals surface area contributed by atoms with Crippen molar-refractivity contribution >= 4 is 29.4 Å². The number of esters is 1. The molecule has 0 fully saturated rings. The normalized spacial score (nSPS) is 15.2. The zero-order valence-electron chi connectivity index (χ0n) is 22.5. The zero-order chi connectivity index (χ0) is 28.6. The molecule has 0 aliphatic carbocycles. The molecule has 3 heterocycles. The fourth-order valence-corrected chi connectivity index (χ4v) is 5.79. The number of furan rings is 1. The second-order valence-electron chi connectivity index (χ2n) is 9.68. The predicted octanol–water partition coefficient (Wildman–Crippen LogP) is 4.88. The maximum Gasteiger partial charge on any atom is 0.338 e. The van der Waals surface area contributed by atoms with Gasteiger partial charge in [0.2, 0.25) is 0 Å². The minimum atomic E-state index is -1.06. The molecule has 5 rings (SSSR count). The van der Waals surface area contributed by atoms with Crippen LogP contribution in [-0.2, 0) is 9.53 Å². The number of carboxylic acid groups (broad SMARTS) is 1. The van der Waals surface area contributed by atoms with Gasteiger partial charge in [-0.3, -0.25) is 9.36 Å². The van der Waals surface area contributed by atoms with Gasteiger partial charge in [-0.15, -0.1) is 0 Å². The van der Waals surface area contributed by atoms with Crippen LogP contribution in [0.15, 0.2) is 86.1 Å². The van der Waals surface area contributed by atoms with Crippen molar-refractivity contribution in [2.45, 2.75) is 39.7 Å². The number of aromatic carboxylic acids is 1. The number of hydrogen-bond donors (Lipinski definition) is 1. The largest absolute Gasteiger partial charge is 0.478 e. The van der Waals surface area contributed by atoms with E-state index in [2.05, 4.69) is 18.8 Å². The van der Waals surface area contributed by atoms with E-state index in [9.17, 15) is 19.5 Å². The Balaban J connectivity index is 1.63.